The maximum absolute atomic E-state index is 13.7. The Balaban J connectivity index is 0.000000572. The average molecular weight is 547 g/mol. The minimum absolute atomic E-state index is 0.128. The fourth-order valence-corrected chi connectivity index (χ4v) is 4.09. The van der Waals surface area contributed by atoms with Crippen LogP contribution in [0, 0.1) is 5.95 Å². The van der Waals surface area contributed by atoms with Gasteiger partial charge >= 0.3 is 18.3 Å². The topological polar surface area (TPSA) is 125 Å². The number of rotatable bonds is 5. The van der Waals surface area contributed by atoms with E-state index in [1.165, 1.54) is 24.1 Å². The van der Waals surface area contributed by atoms with Crippen molar-refractivity contribution in [1.29, 1.82) is 0 Å². The first-order chi connectivity index (χ1) is 16.5. The van der Waals surface area contributed by atoms with Gasteiger partial charge in [0.2, 0.25) is 5.95 Å². The molecule has 3 heterocycles. The number of aromatic nitrogens is 2. The number of anilines is 2. The molecule has 2 aromatic heterocycles. The summed E-state index contributed by atoms with van der Waals surface area (Å²) in [6, 6.07) is 3.74. The van der Waals surface area contributed by atoms with Crippen LogP contribution in [0.4, 0.5) is 42.2 Å². The summed E-state index contributed by atoms with van der Waals surface area (Å²) in [5, 5.41) is 9.43. The summed E-state index contributed by atoms with van der Waals surface area (Å²) in [5.41, 5.74) is -1.31. The first-order valence-electron chi connectivity index (χ1n) is 9.98. The molecule has 17 heteroatoms. The average Bonchev–Trinajstić information content (AvgIpc) is 2.77. The van der Waals surface area contributed by atoms with Gasteiger partial charge in [0.25, 0.3) is 10.0 Å². The molecule has 1 aliphatic heterocycles. The van der Waals surface area contributed by atoms with Gasteiger partial charge in [0.05, 0.1) is 17.4 Å². The van der Waals surface area contributed by atoms with E-state index in [0.29, 0.717) is 32.0 Å². The fraction of sp³-hybridized carbons (Fsp3) is 0.421. The van der Waals surface area contributed by atoms with E-state index >= 15 is 0 Å². The van der Waals surface area contributed by atoms with E-state index in [4.69, 9.17) is 9.90 Å². The van der Waals surface area contributed by atoms with Crippen LogP contribution < -0.4 is 14.9 Å². The molecule has 0 saturated carbocycles. The van der Waals surface area contributed by atoms with Crippen molar-refractivity contribution in [3.63, 3.8) is 0 Å². The van der Waals surface area contributed by atoms with Crippen LogP contribution in [0.5, 0.6) is 0 Å². The summed E-state index contributed by atoms with van der Waals surface area (Å²) in [6.45, 7) is 1.36. The normalized spacial score (nSPS) is 15.0. The van der Waals surface area contributed by atoms with Crippen LogP contribution in [0.3, 0.4) is 0 Å². The number of nitrogens with one attached hydrogen (secondary N) is 2. The van der Waals surface area contributed by atoms with Crippen molar-refractivity contribution in [3.05, 3.63) is 42.0 Å². The van der Waals surface area contributed by atoms with Gasteiger partial charge in [0, 0.05) is 13.1 Å². The maximum atomic E-state index is 13.7. The molecule has 0 bridgehead atoms. The van der Waals surface area contributed by atoms with Gasteiger partial charge in [0.1, 0.15) is 5.82 Å². The zero-order valence-electron chi connectivity index (χ0n) is 18.4. The minimum atomic E-state index is -5.08. The van der Waals surface area contributed by atoms with Gasteiger partial charge in [-0.1, -0.05) is 6.07 Å². The van der Waals surface area contributed by atoms with Crippen molar-refractivity contribution in [2.24, 2.45) is 0 Å². The highest BCUT2D eigenvalue weighted by Gasteiger charge is 2.39. The number of piperidine rings is 1. The second-order valence-electron chi connectivity index (χ2n) is 7.38. The Hall–Kier alpha value is -3.21. The molecule has 3 N–H and O–H groups in total. The van der Waals surface area contributed by atoms with Crippen LogP contribution in [0.1, 0.15) is 18.4 Å². The highest BCUT2D eigenvalue weighted by molar-refractivity contribution is 7.92. The van der Waals surface area contributed by atoms with Crippen LogP contribution >= 0.6 is 0 Å². The molecule has 0 radical (unpaired) electrons. The summed E-state index contributed by atoms with van der Waals surface area (Å²) >= 11 is 0. The molecule has 200 valence electrons. The molecular weight excluding hydrogens is 527 g/mol. The van der Waals surface area contributed by atoms with Crippen LogP contribution in [0.25, 0.3) is 0 Å². The summed E-state index contributed by atoms with van der Waals surface area (Å²) in [6.07, 6.45) is -7.67. The van der Waals surface area contributed by atoms with E-state index < -0.39 is 44.9 Å². The van der Waals surface area contributed by atoms with Crippen molar-refractivity contribution in [3.8, 4) is 0 Å². The summed E-state index contributed by atoms with van der Waals surface area (Å²) in [5.74, 6) is -4.06. The first kappa shape index (κ1) is 29.0. The van der Waals surface area contributed by atoms with Crippen molar-refractivity contribution in [2.75, 3.05) is 29.8 Å². The molecule has 1 fully saturated rings. The number of nitrogens with zero attached hydrogens (tertiary/aromatic N) is 3. The highest BCUT2D eigenvalue weighted by atomic mass is 32.2. The highest BCUT2D eigenvalue weighted by Crippen LogP contribution is 2.38. The van der Waals surface area contributed by atoms with Gasteiger partial charge in [-0.3, -0.25) is 4.72 Å². The van der Waals surface area contributed by atoms with Gasteiger partial charge in [-0.15, -0.1) is 0 Å². The number of hydrogen-bond donors (Lipinski definition) is 3. The van der Waals surface area contributed by atoms with Crippen molar-refractivity contribution < 1.29 is 49.1 Å². The molecule has 0 aromatic carbocycles. The first-order valence-corrected chi connectivity index (χ1v) is 11.5. The number of hydrogen-bond acceptors (Lipinski definition) is 7. The Morgan fingerprint density at radius 2 is 1.75 bits per heavy atom. The molecule has 0 spiro atoms. The maximum Gasteiger partial charge on any atom is 0.490 e. The predicted molar refractivity (Wildman–Crippen MR) is 112 cm³/mol. The van der Waals surface area contributed by atoms with Crippen LogP contribution in [0.2, 0.25) is 0 Å². The van der Waals surface area contributed by atoms with E-state index in [1.54, 1.807) is 0 Å². The lowest BCUT2D eigenvalue weighted by molar-refractivity contribution is -0.192. The number of sulfonamides is 1. The third-order valence-electron chi connectivity index (χ3n) is 4.87. The van der Waals surface area contributed by atoms with Crippen molar-refractivity contribution in [1.82, 2.24) is 15.3 Å². The van der Waals surface area contributed by atoms with E-state index in [0.717, 1.165) is 12.3 Å². The zero-order valence-corrected chi connectivity index (χ0v) is 19.2. The molecule has 36 heavy (non-hydrogen) atoms. The molecular formula is C19H20F7N5O4S. The molecule has 0 amide bonds. The molecule has 2 aromatic rings. The lowest BCUT2D eigenvalue weighted by Crippen LogP contribution is -2.42. The lowest BCUT2D eigenvalue weighted by Gasteiger charge is -2.34. The van der Waals surface area contributed by atoms with E-state index in [-0.39, 0.29) is 17.5 Å². The van der Waals surface area contributed by atoms with Crippen LogP contribution in [0.15, 0.2) is 35.5 Å². The second kappa shape index (κ2) is 11.2. The Labute approximate surface area is 200 Å². The molecule has 0 unspecified atom stereocenters. The number of alkyl halides is 6. The molecule has 9 nitrogen and oxygen atoms in total. The summed E-state index contributed by atoms with van der Waals surface area (Å²) in [7, 11) is -2.97. The van der Waals surface area contributed by atoms with E-state index in [2.05, 4.69) is 15.3 Å². The Kier molecular flexibility index (Phi) is 9.06. The molecule has 0 aliphatic carbocycles. The number of pyridine rings is 2. The Morgan fingerprint density at radius 1 is 1.17 bits per heavy atom. The molecule has 1 saturated heterocycles. The zero-order chi connectivity index (χ0) is 27.3. The lowest BCUT2D eigenvalue weighted by atomic mass is 10.0. The third kappa shape index (κ3) is 7.91. The number of carbonyl (C=O) groups is 1. The second-order valence-corrected chi connectivity index (χ2v) is 9.01. The van der Waals surface area contributed by atoms with Gasteiger partial charge < -0.3 is 15.3 Å². The largest absolute Gasteiger partial charge is 0.490 e. The SMILES string of the molecule is CN(c1cnc(S(=O)(=O)Nc2cccc(F)n2)cc1C(F)(F)F)C1CCNCC1.O=C(O)C(F)(F)F. The Bertz CT molecular complexity index is 1170. The standard InChI is InChI=1S/C17H19F4N5O2S.C2HF3O2/c1-26(11-5-7-22-8-6-11)13-10-23-16(9-12(13)17(19,20)21)29(27,28)25-15-4-2-3-14(18)24-15;3-2(4,5)1(6)7/h2-4,9-11,22H,5-8H2,1H3,(H,24,25);(H,6,7). The summed E-state index contributed by atoms with van der Waals surface area (Å²) in [4.78, 5) is 17.4. The Morgan fingerprint density at radius 3 is 2.25 bits per heavy atom. The smallest absolute Gasteiger partial charge is 0.475 e. The predicted octanol–water partition coefficient (Wildman–Crippen LogP) is 3.26. The molecule has 3 rings (SSSR count). The number of halogens is 7. The van der Waals surface area contributed by atoms with Crippen molar-refractivity contribution >= 4 is 27.5 Å². The number of carboxylic acid groups (broad SMARTS) is 1. The molecule has 0 atom stereocenters. The van der Waals surface area contributed by atoms with E-state index in [9.17, 15) is 39.2 Å². The minimum Gasteiger partial charge on any atom is -0.475 e. The van der Waals surface area contributed by atoms with Crippen molar-refractivity contribution in [2.45, 2.75) is 36.3 Å². The fourth-order valence-electron chi connectivity index (χ4n) is 3.13. The third-order valence-corrected chi connectivity index (χ3v) is 6.12. The molecule has 1 aliphatic rings. The van der Waals surface area contributed by atoms with Gasteiger partial charge in [-0.2, -0.15) is 39.2 Å². The monoisotopic (exact) mass is 547 g/mol. The quantitative estimate of drug-likeness (QED) is 0.385. The van der Waals surface area contributed by atoms with E-state index in [1.807, 2.05) is 4.72 Å². The number of aliphatic carboxylic acids is 1. The summed E-state index contributed by atoms with van der Waals surface area (Å²) < 4.78 is 113. The van der Waals surface area contributed by atoms with Crippen LogP contribution in [-0.2, 0) is 21.0 Å². The van der Waals surface area contributed by atoms with Gasteiger partial charge in [-0.05, 0) is 44.1 Å². The van der Waals surface area contributed by atoms with Gasteiger partial charge in [-0.25, -0.2) is 14.8 Å². The number of carboxylic acids is 1. The van der Waals surface area contributed by atoms with Gasteiger partial charge in [0.15, 0.2) is 5.03 Å². The van der Waals surface area contributed by atoms with Crippen LogP contribution in [-0.4, -0.2) is 61.8 Å².